The number of aliphatic carboxylic acids is 1. The fourth-order valence-corrected chi connectivity index (χ4v) is 1.65. The molecule has 0 spiro atoms. The van der Waals surface area contributed by atoms with Gasteiger partial charge in [0, 0.05) is 6.54 Å². The summed E-state index contributed by atoms with van der Waals surface area (Å²) in [6.45, 7) is 1.77. The van der Waals surface area contributed by atoms with Crippen LogP contribution in [0.25, 0.3) is 0 Å². The summed E-state index contributed by atoms with van der Waals surface area (Å²) in [6.07, 6.45) is -0.669. The topological polar surface area (TPSA) is 77.8 Å². The molecule has 0 aliphatic carbocycles. The summed E-state index contributed by atoms with van der Waals surface area (Å²) in [7, 11) is 0. The third kappa shape index (κ3) is 3.85. The summed E-state index contributed by atoms with van der Waals surface area (Å²) < 4.78 is 0. The SMILES string of the molecule is CCCN(CC(=O)O)C(=O)[C@@H](O)c1ccccc1. The largest absolute Gasteiger partial charge is 0.480 e. The highest BCUT2D eigenvalue weighted by molar-refractivity contribution is 5.85. The van der Waals surface area contributed by atoms with E-state index in [1.807, 2.05) is 6.92 Å². The number of carboxylic acid groups (broad SMARTS) is 1. The first kappa shape index (κ1) is 14.2. The van der Waals surface area contributed by atoms with Gasteiger partial charge < -0.3 is 15.1 Å². The van der Waals surface area contributed by atoms with Crippen LogP contribution in [-0.2, 0) is 9.59 Å². The van der Waals surface area contributed by atoms with Crippen molar-refractivity contribution in [2.24, 2.45) is 0 Å². The molecule has 0 radical (unpaired) electrons. The maximum absolute atomic E-state index is 12.0. The first-order valence-corrected chi connectivity index (χ1v) is 5.79. The maximum atomic E-state index is 12.0. The van der Waals surface area contributed by atoms with Crippen molar-refractivity contribution in [2.75, 3.05) is 13.1 Å². The van der Waals surface area contributed by atoms with E-state index >= 15 is 0 Å². The average Bonchev–Trinajstić information content (AvgIpc) is 2.37. The van der Waals surface area contributed by atoms with Crippen LogP contribution in [0.3, 0.4) is 0 Å². The van der Waals surface area contributed by atoms with Crippen molar-refractivity contribution >= 4 is 11.9 Å². The number of nitrogens with zero attached hydrogens (tertiary/aromatic N) is 1. The van der Waals surface area contributed by atoms with E-state index in [4.69, 9.17) is 5.11 Å². The van der Waals surface area contributed by atoms with Crippen LogP contribution in [0.2, 0.25) is 0 Å². The van der Waals surface area contributed by atoms with E-state index in [0.717, 1.165) is 4.90 Å². The highest BCUT2D eigenvalue weighted by atomic mass is 16.4. The molecule has 2 N–H and O–H groups in total. The molecule has 0 aromatic heterocycles. The predicted molar refractivity (Wildman–Crippen MR) is 65.9 cm³/mol. The molecule has 1 amide bonds. The van der Waals surface area contributed by atoms with Crippen LogP contribution in [0, 0.1) is 0 Å². The first-order valence-electron chi connectivity index (χ1n) is 5.79. The van der Waals surface area contributed by atoms with Gasteiger partial charge in [0.25, 0.3) is 5.91 Å². The Balaban J connectivity index is 2.79. The molecule has 1 rings (SSSR count). The van der Waals surface area contributed by atoms with Gasteiger partial charge in [0.15, 0.2) is 6.10 Å². The number of carboxylic acids is 1. The van der Waals surface area contributed by atoms with Gasteiger partial charge in [-0.1, -0.05) is 37.3 Å². The smallest absolute Gasteiger partial charge is 0.323 e. The summed E-state index contributed by atoms with van der Waals surface area (Å²) in [5.41, 5.74) is 0.467. The van der Waals surface area contributed by atoms with Crippen LogP contribution in [-0.4, -0.2) is 40.1 Å². The molecule has 5 heteroatoms. The van der Waals surface area contributed by atoms with E-state index in [-0.39, 0.29) is 0 Å². The lowest BCUT2D eigenvalue weighted by Crippen LogP contribution is -2.39. The second-order valence-electron chi connectivity index (χ2n) is 3.97. The van der Waals surface area contributed by atoms with Crippen LogP contribution in [0.4, 0.5) is 0 Å². The zero-order chi connectivity index (χ0) is 13.5. The molecule has 0 aliphatic heterocycles. The van der Waals surface area contributed by atoms with Gasteiger partial charge in [-0.25, -0.2) is 0 Å². The van der Waals surface area contributed by atoms with Crippen LogP contribution in [0.1, 0.15) is 25.0 Å². The van der Waals surface area contributed by atoms with Gasteiger partial charge in [-0.3, -0.25) is 9.59 Å². The summed E-state index contributed by atoms with van der Waals surface area (Å²) >= 11 is 0. The first-order chi connectivity index (χ1) is 8.56. The normalized spacial score (nSPS) is 11.9. The molecule has 0 unspecified atom stereocenters. The minimum Gasteiger partial charge on any atom is -0.480 e. The molecule has 98 valence electrons. The van der Waals surface area contributed by atoms with E-state index in [0.29, 0.717) is 18.5 Å². The third-order valence-corrected chi connectivity index (χ3v) is 2.48. The lowest BCUT2D eigenvalue weighted by Gasteiger charge is -2.23. The fourth-order valence-electron chi connectivity index (χ4n) is 1.65. The molecule has 5 nitrogen and oxygen atoms in total. The van der Waals surface area contributed by atoms with E-state index in [1.54, 1.807) is 30.3 Å². The fraction of sp³-hybridized carbons (Fsp3) is 0.385. The molecule has 1 aromatic rings. The molecular formula is C13H17NO4. The quantitative estimate of drug-likeness (QED) is 0.792. The molecule has 18 heavy (non-hydrogen) atoms. The second kappa shape index (κ2) is 6.76. The van der Waals surface area contributed by atoms with Crippen LogP contribution >= 0.6 is 0 Å². The van der Waals surface area contributed by atoms with Crippen molar-refractivity contribution < 1.29 is 19.8 Å². The number of amides is 1. The monoisotopic (exact) mass is 251 g/mol. The Labute approximate surface area is 106 Å². The van der Waals surface area contributed by atoms with Crippen LogP contribution in [0.15, 0.2) is 30.3 Å². The Morgan fingerprint density at radius 2 is 1.89 bits per heavy atom. The lowest BCUT2D eigenvalue weighted by atomic mass is 10.1. The maximum Gasteiger partial charge on any atom is 0.323 e. The average molecular weight is 251 g/mol. The van der Waals surface area contributed by atoms with Gasteiger partial charge >= 0.3 is 5.97 Å². The van der Waals surface area contributed by atoms with E-state index in [2.05, 4.69) is 0 Å². The van der Waals surface area contributed by atoms with Crippen molar-refractivity contribution in [1.82, 2.24) is 4.90 Å². The van der Waals surface area contributed by atoms with Crippen molar-refractivity contribution in [3.8, 4) is 0 Å². The van der Waals surface area contributed by atoms with E-state index < -0.39 is 24.5 Å². The summed E-state index contributed by atoms with van der Waals surface area (Å²) in [6, 6.07) is 8.48. The lowest BCUT2D eigenvalue weighted by molar-refractivity contribution is -0.148. The molecule has 0 saturated carbocycles. The zero-order valence-corrected chi connectivity index (χ0v) is 10.2. The number of benzene rings is 1. The van der Waals surface area contributed by atoms with Crippen molar-refractivity contribution in [2.45, 2.75) is 19.4 Å². The van der Waals surface area contributed by atoms with Gasteiger partial charge in [-0.05, 0) is 12.0 Å². The summed E-state index contributed by atoms with van der Waals surface area (Å²) in [5.74, 6) is -1.66. The zero-order valence-electron chi connectivity index (χ0n) is 10.2. The van der Waals surface area contributed by atoms with E-state index in [1.165, 1.54) is 0 Å². The number of carbonyl (C=O) groups is 2. The minimum atomic E-state index is -1.31. The summed E-state index contributed by atoms with van der Waals surface area (Å²) in [4.78, 5) is 23.8. The Morgan fingerprint density at radius 1 is 1.28 bits per heavy atom. The Kier molecular flexibility index (Phi) is 5.32. The number of hydrogen-bond donors (Lipinski definition) is 2. The van der Waals surface area contributed by atoms with Gasteiger partial charge in [0.1, 0.15) is 6.54 Å². The number of rotatable bonds is 6. The van der Waals surface area contributed by atoms with Gasteiger partial charge in [-0.15, -0.1) is 0 Å². The number of aliphatic hydroxyl groups excluding tert-OH is 1. The van der Waals surface area contributed by atoms with Crippen LogP contribution in [0.5, 0.6) is 0 Å². The van der Waals surface area contributed by atoms with Gasteiger partial charge in [-0.2, -0.15) is 0 Å². The second-order valence-corrected chi connectivity index (χ2v) is 3.97. The molecule has 1 atom stereocenters. The predicted octanol–water partition coefficient (Wildman–Crippen LogP) is 1.04. The molecule has 0 bridgehead atoms. The molecule has 0 aliphatic rings. The number of hydrogen-bond acceptors (Lipinski definition) is 3. The number of aliphatic hydroxyl groups is 1. The highest BCUT2D eigenvalue weighted by Crippen LogP contribution is 2.15. The standard InChI is InChI=1S/C13H17NO4/c1-2-8-14(9-11(15)16)13(18)12(17)10-6-4-3-5-7-10/h3-7,12,17H,2,8-9H2,1H3,(H,15,16)/t12-/m0/s1. The molecular weight excluding hydrogens is 234 g/mol. The highest BCUT2D eigenvalue weighted by Gasteiger charge is 2.24. The van der Waals surface area contributed by atoms with Crippen molar-refractivity contribution in [1.29, 1.82) is 0 Å². The minimum absolute atomic E-state index is 0.315. The van der Waals surface area contributed by atoms with Crippen molar-refractivity contribution in [3.05, 3.63) is 35.9 Å². The van der Waals surface area contributed by atoms with Crippen LogP contribution < -0.4 is 0 Å². The summed E-state index contributed by atoms with van der Waals surface area (Å²) in [5, 5.41) is 18.7. The molecule has 0 fully saturated rings. The van der Waals surface area contributed by atoms with Gasteiger partial charge in [0.05, 0.1) is 0 Å². The number of carbonyl (C=O) groups excluding carboxylic acids is 1. The molecule has 0 heterocycles. The van der Waals surface area contributed by atoms with Crippen molar-refractivity contribution in [3.63, 3.8) is 0 Å². The Hall–Kier alpha value is -1.88. The molecule has 1 aromatic carbocycles. The third-order valence-electron chi connectivity index (χ3n) is 2.48. The molecule has 0 saturated heterocycles. The van der Waals surface area contributed by atoms with E-state index in [9.17, 15) is 14.7 Å². The van der Waals surface area contributed by atoms with Gasteiger partial charge in [0.2, 0.25) is 0 Å². The Morgan fingerprint density at radius 3 is 2.39 bits per heavy atom. The Bertz CT molecular complexity index is 405.